The summed E-state index contributed by atoms with van der Waals surface area (Å²) in [5.41, 5.74) is 1.47. The summed E-state index contributed by atoms with van der Waals surface area (Å²) >= 11 is 0. The van der Waals surface area contributed by atoms with Crippen LogP contribution >= 0.6 is 0 Å². The minimum Gasteiger partial charge on any atom is -0.504 e. The van der Waals surface area contributed by atoms with Crippen molar-refractivity contribution in [2.45, 2.75) is 10.6 Å². The Morgan fingerprint density at radius 3 is 1.54 bits per heavy atom. The molecule has 0 fully saturated rings. The fraction of sp³-hybridized carbons (Fsp3) is 0.286. The molecule has 0 saturated heterocycles. The van der Waals surface area contributed by atoms with Crippen molar-refractivity contribution in [3.05, 3.63) is 53.1 Å². The molecule has 0 saturated carbocycles. The van der Waals surface area contributed by atoms with Crippen LogP contribution in [0.2, 0.25) is 0 Å². The quantitative estimate of drug-likeness (QED) is 0.315. The molecule has 0 radical (unpaired) electrons. The first kappa shape index (κ1) is 29.3. The van der Waals surface area contributed by atoms with E-state index in [1.54, 1.807) is 30.4 Å². The highest BCUT2D eigenvalue weighted by Gasteiger charge is 2.25. The van der Waals surface area contributed by atoms with E-state index in [0.29, 0.717) is 28.4 Å². The van der Waals surface area contributed by atoms with E-state index in [1.165, 1.54) is 68.0 Å². The topological polar surface area (TPSA) is 119 Å². The summed E-state index contributed by atoms with van der Waals surface area (Å²) in [5, 5.41) is 10.4. The molecule has 0 amide bonds. The lowest BCUT2D eigenvalue weighted by atomic mass is 10.0. The lowest BCUT2D eigenvalue weighted by Gasteiger charge is -2.16. The molecule has 11 heteroatoms. The molecule has 0 atom stereocenters. The summed E-state index contributed by atoms with van der Waals surface area (Å²) in [6.07, 6.45) is 3.47. The molecular formula is C28H32O10S. The zero-order valence-corrected chi connectivity index (χ0v) is 23.7. The molecule has 39 heavy (non-hydrogen) atoms. The molecular weight excluding hydrogens is 528 g/mol. The van der Waals surface area contributed by atoms with E-state index in [-0.39, 0.29) is 39.2 Å². The number of hydrogen-bond donors (Lipinski definition) is 1. The first-order valence-corrected chi connectivity index (χ1v) is 13.2. The molecule has 0 aliphatic carbocycles. The maximum Gasteiger partial charge on any atom is 0.203 e. The van der Waals surface area contributed by atoms with Crippen molar-refractivity contribution in [3.63, 3.8) is 0 Å². The third-order valence-corrected chi connectivity index (χ3v) is 7.58. The van der Waals surface area contributed by atoms with Crippen LogP contribution in [0.25, 0.3) is 12.2 Å². The molecule has 0 unspecified atom stereocenters. The number of hydrogen-bond acceptors (Lipinski definition) is 10. The van der Waals surface area contributed by atoms with Crippen LogP contribution in [0, 0.1) is 0 Å². The first-order valence-electron chi connectivity index (χ1n) is 11.6. The van der Waals surface area contributed by atoms with E-state index in [2.05, 4.69) is 0 Å². The lowest BCUT2D eigenvalue weighted by Crippen LogP contribution is -2.09. The van der Waals surface area contributed by atoms with Gasteiger partial charge >= 0.3 is 0 Å². The van der Waals surface area contributed by atoms with Crippen molar-refractivity contribution in [2.75, 3.05) is 49.8 Å². The molecule has 0 aromatic heterocycles. The number of phenolic OH excluding ortho intramolecular Hbond substituents is 1. The Balaban J connectivity index is 2.12. The van der Waals surface area contributed by atoms with Gasteiger partial charge in [-0.2, -0.15) is 0 Å². The Morgan fingerprint density at radius 2 is 1.10 bits per heavy atom. The maximum atomic E-state index is 13.6. The summed E-state index contributed by atoms with van der Waals surface area (Å²) in [6, 6.07) is 9.26. The number of aromatic hydroxyl groups is 1. The predicted molar refractivity (Wildman–Crippen MR) is 147 cm³/mol. The van der Waals surface area contributed by atoms with Gasteiger partial charge < -0.3 is 38.3 Å². The average molecular weight is 561 g/mol. The van der Waals surface area contributed by atoms with Crippen LogP contribution in [0.4, 0.5) is 0 Å². The Hall–Kier alpha value is -4.25. The van der Waals surface area contributed by atoms with Gasteiger partial charge in [0.1, 0.15) is 0 Å². The second-order valence-corrected chi connectivity index (χ2v) is 10.1. The molecule has 10 nitrogen and oxygen atoms in total. The average Bonchev–Trinajstić information content (AvgIpc) is 2.95. The predicted octanol–water partition coefficient (Wildman–Crippen LogP) is 4.60. The van der Waals surface area contributed by atoms with Crippen molar-refractivity contribution >= 4 is 22.0 Å². The van der Waals surface area contributed by atoms with Crippen molar-refractivity contribution < 1.29 is 46.7 Å². The molecule has 3 rings (SSSR count). The molecule has 0 heterocycles. The van der Waals surface area contributed by atoms with Crippen LogP contribution in [-0.2, 0) is 15.6 Å². The van der Waals surface area contributed by atoms with Crippen molar-refractivity contribution in [1.29, 1.82) is 0 Å². The zero-order valence-electron chi connectivity index (χ0n) is 22.9. The van der Waals surface area contributed by atoms with Gasteiger partial charge in [0.2, 0.25) is 11.5 Å². The Morgan fingerprint density at radius 1 is 0.641 bits per heavy atom. The Labute approximate surface area is 228 Å². The smallest absolute Gasteiger partial charge is 0.203 e. The highest BCUT2D eigenvalue weighted by Crippen LogP contribution is 2.42. The summed E-state index contributed by atoms with van der Waals surface area (Å²) < 4.78 is 64.8. The van der Waals surface area contributed by atoms with Crippen molar-refractivity contribution in [2.24, 2.45) is 0 Å². The van der Waals surface area contributed by atoms with Crippen LogP contribution in [0.3, 0.4) is 0 Å². The molecule has 0 aliphatic heterocycles. The number of benzene rings is 3. The van der Waals surface area contributed by atoms with Gasteiger partial charge in [0, 0.05) is 17.7 Å². The fourth-order valence-corrected chi connectivity index (χ4v) is 5.47. The monoisotopic (exact) mass is 560 g/mol. The minimum absolute atomic E-state index is 0.0399. The molecule has 3 aromatic rings. The highest BCUT2D eigenvalue weighted by molar-refractivity contribution is 7.90. The molecule has 0 aliphatic rings. The van der Waals surface area contributed by atoms with E-state index in [0.717, 1.165) is 0 Å². The Kier molecular flexibility index (Phi) is 9.42. The summed E-state index contributed by atoms with van der Waals surface area (Å²) in [4.78, 5) is -0.0537. The molecule has 3 aromatic carbocycles. The number of phenols is 1. The molecule has 0 spiro atoms. The van der Waals surface area contributed by atoms with Crippen LogP contribution in [0.1, 0.15) is 16.7 Å². The van der Waals surface area contributed by atoms with E-state index >= 15 is 0 Å². The van der Waals surface area contributed by atoms with Gasteiger partial charge in [-0.05, 0) is 29.3 Å². The van der Waals surface area contributed by atoms with Crippen LogP contribution in [0.15, 0.2) is 41.3 Å². The zero-order chi connectivity index (χ0) is 28.7. The van der Waals surface area contributed by atoms with Gasteiger partial charge in [-0.15, -0.1) is 0 Å². The molecule has 210 valence electrons. The lowest BCUT2D eigenvalue weighted by molar-refractivity contribution is 0.323. The van der Waals surface area contributed by atoms with Crippen molar-refractivity contribution in [1.82, 2.24) is 0 Å². The van der Waals surface area contributed by atoms with Crippen LogP contribution < -0.4 is 33.2 Å². The van der Waals surface area contributed by atoms with Gasteiger partial charge in [-0.25, -0.2) is 8.42 Å². The van der Waals surface area contributed by atoms with Crippen molar-refractivity contribution in [3.8, 4) is 46.0 Å². The van der Waals surface area contributed by atoms with Gasteiger partial charge in [0.15, 0.2) is 44.3 Å². The third-order valence-electron chi connectivity index (χ3n) is 5.95. The summed E-state index contributed by atoms with van der Waals surface area (Å²) in [5.74, 6) is 1.38. The first-order chi connectivity index (χ1) is 18.7. The molecule has 0 bridgehead atoms. The standard InChI is InChI=1S/C28H32O10S/c1-32-22-12-17(13-23(33-2)27(22)37-6)8-9-18-10-11-21(29)26(36-5)20(18)16-39(30,31)19-14-24(34-3)28(38-7)25(15-19)35-4/h8-15,29H,16H2,1-7H3/b9-8-. The second-order valence-electron chi connectivity index (χ2n) is 8.10. The van der Waals surface area contributed by atoms with E-state index in [4.69, 9.17) is 33.2 Å². The van der Waals surface area contributed by atoms with Crippen LogP contribution in [0.5, 0.6) is 46.0 Å². The maximum absolute atomic E-state index is 13.6. The van der Waals surface area contributed by atoms with Gasteiger partial charge in [0.25, 0.3) is 0 Å². The number of sulfone groups is 1. The molecule has 1 N–H and O–H groups in total. The van der Waals surface area contributed by atoms with Crippen LogP contribution in [-0.4, -0.2) is 63.3 Å². The third kappa shape index (κ3) is 6.09. The second kappa shape index (κ2) is 12.5. The summed E-state index contributed by atoms with van der Waals surface area (Å²) in [7, 11) is 6.15. The number of methoxy groups -OCH3 is 7. The Bertz CT molecular complexity index is 1410. The van der Waals surface area contributed by atoms with Gasteiger partial charge in [0.05, 0.1) is 60.4 Å². The van der Waals surface area contributed by atoms with Gasteiger partial charge in [-0.3, -0.25) is 0 Å². The van der Waals surface area contributed by atoms with E-state index < -0.39 is 15.6 Å². The van der Waals surface area contributed by atoms with Gasteiger partial charge in [-0.1, -0.05) is 18.2 Å². The van der Waals surface area contributed by atoms with E-state index in [9.17, 15) is 13.5 Å². The SMILES string of the molecule is COc1cc(/C=C\c2ccc(O)c(OC)c2CS(=O)(=O)c2cc(OC)c(OC)c(OC)c2)cc(OC)c1OC. The fourth-order valence-electron chi connectivity index (χ4n) is 4.06. The largest absolute Gasteiger partial charge is 0.504 e. The highest BCUT2D eigenvalue weighted by atomic mass is 32.2. The minimum atomic E-state index is -3.99. The van der Waals surface area contributed by atoms with E-state index in [1.807, 2.05) is 0 Å². The number of rotatable bonds is 12. The summed E-state index contributed by atoms with van der Waals surface area (Å²) in [6.45, 7) is 0. The number of ether oxygens (including phenoxy) is 7. The normalized spacial score (nSPS) is 11.3.